The van der Waals surface area contributed by atoms with E-state index in [9.17, 15) is 5.11 Å². The monoisotopic (exact) mass is 304 g/mol. The Morgan fingerprint density at radius 2 is 1.95 bits per heavy atom. The van der Waals surface area contributed by atoms with Crippen molar-refractivity contribution in [3.05, 3.63) is 5.28 Å². The lowest BCUT2D eigenvalue weighted by atomic mass is 10.1. The first-order valence-corrected chi connectivity index (χ1v) is 7.63. The van der Waals surface area contributed by atoms with Crippen LogP contribution in [0.25, 0.3) is 0 Å². The highest BCUT2D eigenvalue weighted by atomic mass is 35.5. The number of piperidine rings is 1. The van der Waals surface area contributed by atoms with Crippen molar-refractivity contribution in [3.8, 4) is 0 Å². The molecule has 0 radical (unpaired) electrons. The molecule has 0 bridgehead atoms. The number of hydrogen-bond donors (Lipinski definition) is 2. The highest BCUT2D eigenvalue weighted by Gasteiger charge is 2.16. The summed E-state index contributed by atoms with van der Waals surface area (Å²) in [5.74, 6) is 0.928. The molecule has 1 atom stereocenters. The average Bonchev–Trinajstić information content (AvgIpc) is 2.45. The second kappa shape index (κ2) is 7.23. The van der Waals surface area contributed by atoms with Gasteiger partial charge in [0, 0.05) is 18.8 Å². The number of anilines is 1. The van der Waals surface area contributed by atoms with Crippen molar-refractivity contribution in [2.45, 2.75) is 30.5 Å². The lowest BCUT2D eigenvalue weighted by Crippen LogP contribution is -2.31. The number of nitrogens with zero attached hydrogens (tertiary/aromatic N) is 4. The van der Waals surface area contributed by atoms with Gasteiger partial charge >= 0.3 is 0 Å². The Labute approximate surface area is 121 Å². The zero-order chi connectivity index (χ0) is 13.7. The number of hydrogen-bond acceptors (Lipinski definition) is 7. The molecule has 8 heteroatoms. The first-order chi connectivity index (χ1) is 9.19. The number of aromatic nitrogens is 3. The van der Waals surface area contributed by atoms with Gasteiger partial charge in [-0.05, 0) is 30.9 Å². The minimum Gasteiger partial charge on any atom is -0.394 e. The van der Waals surface area contributed by atoms with Gasteiger partial charge in [0.2, 0.25) is 11.2 Å². The summed E-state index contributed by atoms with van der Waals surface area (Å²) < 4.78 is 0. The molecule has 1 unspecified atom stereocenters. The predicted molar refractivity (Wildman–Crippen MR) is 74.7 cm³/mol. The molecule has 2 heterocycles. The molecular weight excluding hydrogens is 288 g/mol. The SMILES string of the molecule is OCC(O)CSc1nc(Cl)nc(N2CCCCC2)n1. The quantitative estimate of drug-likeness (QED) is 0.784. The van der Waals surface area contributed by atoms with E-state index < -0.39 is 6.10 Å². The summed E-state index contributed by atoms with van der Waals surface area (Å²) in [6.07, 6.45) is 2.72. The van der Waals surface area contributed by atoms with Crippen LogP contribution in [0, 0.1) is 0 Å². The smallest absolute Gasteiger partial charge is 0.230 e. The Morgan fingerprint density at radius 1 is 1.21 bits per heavy atom. The van der Waals surface area contributed by atoms with Crippen molar-refractivity contribution in [2.75, 3.05) is 30.3 Å². The van der Waals surface area contributed by atoms with E-state index in [1.807, 2.05) is 0 Å². The fraction of sp³-hybridized carbons (Fsp3) is 0.727. The van der Waals surface area contributed by atoms with Crippen molar-refractivity contribution >= 4 is 29.3 Å². The minimum atomic E-state index is -0.779. The summed E-state index contributed by atoms with van der Waals surface area (Å²) in [6, 6.07) is 0. The molecule has 19 heavy (non-hydrogen) atoms. The first-order valence-electron chi connectivity index (χ1n) is 6.27. The van der Waals surface area contributed by atoms with Gasteiger partial charge in [-0.3, -0.25) is 0 Å². The maximum atomic E-state index is 9.32. The van der Waals surface area contributed by atoms with Gasteiger partial charge in [-0.1, -0.05) is 11.8 Å². The summed E-state index contributed by atoms with van der Waals surface area (Å²) in [5, 5.41) is 18.7. The van der Waals surface area contributed by atoms with Gasteiger partial charge in [0.05, 0.1) is 12.7 Å². The van der Waals surface area contributed by atoms with Crippen LogP contribution in [0.2, 0.25) is 5.28 Å². The van der Waals surface area contributed by atoms with E-state index in [1.165, 1.54) is 18.2 Å². The molecule has 106 valence electrons. The van der Waals surface area contributed by atoms with Crippen molar-refractivity contribution < 1.29 is 10.2 Å². The van der Waals surface area contributed by atoms with Crippen LogP contribution >= 0.6 is 23.4 Å². The molecule has 0 saturated carbocycles. The van der Waals surface area contributed by atoms with Gasteiger partial charge < -0.3 is 15.1 Å². The Morgan fingerprint density at radius 3 is 2.63 bits per heavy atom. The van der Waals surface area contributed by atoms with Gasteiger partial charge in [-0.2, -0.15) is 15.0 Å². The summed E-state index contributed by atoms with van der Waals surface area (Å²) in [6.45, 7) is 1.60. The van der Waals surface area contributed by atoms with Crippen LogP contribution in [-0.4, -0.2) is 56.7 Å². The zero-order valence-electron chi connectivity index (χ0n) is 10.5. The standard InChI is InChI=1S/C11H17ClN4O2S/c12-9-13-10(16-4-2-1-3-5-16)15-11(14-9)19-7-8(18)6-17/h8,17-18H,1-7H2. The third-order valence-corrected chi connectivity index (χ3v) is 3.99. The Balaban J connectivity index is 2.05. The van der Waals surface area contributed by atoms with E-state index in [-0.39, 0.29) is 11.9 Å². The van der Waals surface area contributed by atoms with E-state index in [1.54, 1.807) is 0 Å². The largest absolute Gasteiger partial charge is 0.394 e. The molecule has 6 nitrogen and oxygen atoms in total. The van der Waals surface area contributed by atoms with Crippen molar-refractivity contribution in [2.24, 2.45) is 0 Å². The second-order valence-corrected chi connectivity index (χ2v) is 5.71. The van der Waals surface area contributed by atoms with E-state index in [4.69, 9.17) is 16.7 Å². The molecule has 1 aliphatic rings. The van der Waals surface area contributed by atoms with Crippen LogP contribution < -0.4 is 4.90 Å². The van der Waals surface area contributed by atoms with Crippen LogP contribution in [-0.2, 0) is 0 Å². The number of rotatable bonds is 5. The van der Waals surface area contributed by atoms with Crippen molar-refractivity contribution in [3.63, 3.8) is 0 Å². The molecule has 0 aliphatic carbocycles. The number of aliphatic hydroxyl groups excluding tert-OH is 2. The average molecular weight is 305 g/mol. The van der Waals surface area contributed by atoms with Gasteiger partial charge in [0.1, 0.15) is 0 Å². The summed E-state index contributed by atoms with van der Waals surface area (Å²) in [5.41, 5.74) is 0. The van der Waals surface area contributed by atoms with E-state index in [0.717, 1.165) is 25.9 Å². The molecular formula is C11H17ClN4O2S. The first kappa shape index (κ1) is 14.8. The number of thioether (sulfide) groups is 1. The normalized spacial score (nSPS) is 17.5. The van der Waals surface area contributed by atoms with Crippen LogP contribution in [0.1, 0.15) is 19.3 Å². The van der Waals surface area contributed by atoms with Gasteiger partial charge in [0.25, 0.3) is 0 Å². The Kier molecular flexibility index (Phi) is 5.62. The molecule has 1 aromatic heterocycles. The van der Waals surface area contributed by atoms with Gasteiger partial charge in [-0.15, -0.1) is 0 Å². The Hall–Kier alpha value is -0.630. The van der Waals surface area contributed by atoms with E-state index >= 15 is 0 Å². The molecule has 1 fully saturated rings. The maximum Gasteiger partial charge on any atom is 0.230 e. The Bertz CT molecular complexity index is 418. The fourth-order valence-corrected chi connectivity index (χ4v) is 2.80. The second-order valence-electron chi connectivity index (χ2n) is 4.38. The highest BCUT2D eigenvalue weighted by Crippen LogP contribution is 2.21. The molecule has 1 saturated heterocycles. The highest BCUT2D eigenvalue weighted by molar-refractivity contribution is 7.99. The van der Waals surface area contributed by atoms with Crippen LogP contribution in [0.4, 0.5) is 5.95 Å². The van der Waals surface area contributed by atoms with E-state index in [2.05, 4.69) is 19.9 Å². The molecule has 2 rings (SSSR count). The molecule has 0 aromatic carbocycles. The maximum absolute atomic E-state index is 9.32. The molecule has 0 spiro atoms. The zero-order valence-corrected chi connectivity index (χ0v) is 12.1. The van der Waals surface area contributed by atoms with Crippen LogP contribution in [0.3, 0.4) is 0 Å². The molecule has 1 aliphatic heterocycles. The lowest BCUT2D eigenvalue weighted by molar-refractivity contribution is 0.113. The summed E-state index contributed by atoms with van der Waals surface area (Å²) in [4.78, 5) is 14.6. The fourth-order valence-electron chi connectivity index (χ4n) is 1.85. The third kappa shape index (κ3) is 4.45. The van der Waals surface area contributed by atoms with Crippen molar-refractivity contribution in [1.82, 2.24) is 15.0 Å². The van der Waals surface area contributed by atoms with E-state index in [0.29, 0.717) is 16.9 Å². The minimum absolute atomic E-state index is 0.163. The summed E-state index contributed by atoms with van der Waals surface area (Å²) >= 11 is 7.17. The summed E-state index contributed by atoms with van der Waals surface area (Å²) in [7, 11) is 0. The van der Waals surface area contributed by atoms with Crippen molar-refractivity contribution in [1.29, 1.82) is 0 Å². The predicted octanol–water partition coefficient (Wildman–Crippen LogP) is 0.961. The van der Waals surface area contributed by atoms with Gasteiger partial charge in [-0.25, -0.2) is 0 Å². The lowest BCUT2D eigenvalue weighted by Gasteiger charge is -2.26. The van der Waals surface area contributed by atoms with Crippen LogP contribution in [0.15, 0.2) is 5.16 Å². The molecule has 1 aromatic rings. The van der Waals surface area contributed by atoms with Gasteiger partial charge in [0.15, 0.2) is 5.16 Å². The topological polar surface area (TPSA) is 82.4 Å². The number of halogens is 1. The third-order valence-electron chi connectivity index (χ3n) is 2.83. The van der Waals surface area contributed by atoms with Crippen LogP contribution in [0.5, 0.6) is 0 Å². The molecule has 0 amide bonds. The molecule has 2 N–H and O–H groups in total. The number of aliphatic hydroxyl groups is 2.